The summed E-state index contributed by atoms with van der Waals surface area (Å²) >= 11 is 0. The highest BCUT2D eigenvalue weighted by atomic mass is 28.3. The summed E-state index contributed by atoms with van der Waals surface area (Å²) in [6.07, 6.45) is 3.40. The molecule has 1 heterocycles. The van der Waals surface area contributed by atoms with Crippen molar-refractivity contribution in [1.82, 2.24) is 4.98 Å². The van der Waals surface area contributed by atoms with Gasteiger partial charge in [0.05, 0.1) is 12.5 Å². The second-order valence-electron chi connectivity index (χ2n) is 12.1. The smallest absolute Gasteiger partial charge is 0.309 e. The van der Waals surface area contributed by atoms with Gasteiger partial charge in [0.15, 0.2) is 11.4 Å². The Kier molecular flexibility index (Phi) is 8.21. The number of esters is 1. The third kappa shape index (κ3) is 6.70. The summed E-state index contributed by atoms with van der Waals surface area (Å²) in [6, 6.07) is 23.1. The number of benzene rings is 3. The highest BCUT2D eigenvalue weighted by molar-refractivity contribution is 6.76. The first kappa shape index (κ1) is 27.8. The third-order valence-electron chi connectivity index (χ3n) is 7.68. The molecular weight excluding hydrogens is 516 g/mol. The number of aryl methyl sites for hydroxylation is 1. The summed E-state index contributed by atoms with van der Waals surface area (Å²) in [6.45, 7) is 9.29. The number of carbonyl (C=O) groups is 2. The fourth-order valence-electron chi connectivity index (χ4n) is 5.29. The summed E-state index contributed by atoms with van der Waals surface area (Å²) in [5.74, 6) is -0.797. The van der Waals surface area contributed by atoms with Crippen LogP contribution < -0.4 is 5.32 Å². The zero-order valence-electron chi connectivity index (χ0n) is 23.8. The molecule has 0 bridgehead atoms. The number of hydrogen-bond donors (Lipinski definition) is 1. The van der Waals surface area contributed by atoms with E-state index in [2.05, 4.69) is 29.9 Å². The Balaban J connectivity index is 1.22. The quantitative estimate of drug-likeness (QED) is 0.127. The third-order valence-corrected chi connectivity index (χ3v) is 9.39. The average Bonchev–Trinajstić information content (AvgIpc) is 3.33. The standard InChI is InChI=1S/C33H38N2O4Si/c1-22-9-18-30-29(21-22)35-33(39-30)34-26-16-14-24(15-17-26)23-10-12-25(13-11-23)31(36)27-7-5-6-8-28(27)32(37)38-19-20-40(2,3)4/h9-18,21,27-28H,5-8,19-20H2,1-4H3,(H,34,35). The Morgan fingerprint density at radius 2 is 1.57 bits per heavy atom. The van der Waals surface area contributed by atoms with Crippen LogP contribution in [0.15, 0.2) is 71.1 Å². The van der Waals surface area contributed by atoms with Crippen LogP contribution in [0.1, 0.15) is 41.6 Å². The molecule has 5 rings (SSSR count). The van der Waals surface area contributed by atoms with Crippen molar-refractivity contribution < 1.29 is 18.7 Å². The minimum absolute atomic E-state index is 0.0477. The molecule has 1 aliphatic rings. The van der Waals surface area contributed by atoms with Crippen molar-refractivity contribution in [3.05, 3.63) is 77.9 Å². The number of Topliss-reactive ketones (excluding diaryl/α,β-unsaturated/α-hetero) is 1. The van der Waals surface area contributed by atoms with E-state index in [-0.39, 0.29) is 23.6 Å². The molecular formula is C33H38N2O4Si. The Morgan fingerprint density at radius 3 is 2.25 bits per heavy atom. The molecule has 1 fully saturated rings. The molecule has 4 aromatic rings. The fourth-order valence-corrected chi connectivity index (χ4v) is 6.01. The van der Waals surface area contributed by atoms with Crippen molar-refractivity contribution >= 4 is 42.6 Å². The zero-order valence-corrected chi connectivity index (χ0v) is 24.8. The lowest BCUT2D eigenvalue weighted by Gasteiger charge is -2.29. The van der Waals surface area contributed by atoms with Crippen LogP contribution in [0.4, 0.5) is 11.7 Å². The summed E-state index contributed by atoms with van der Waals surface area (Å²) in [5, 5.41) is 3.23. The number of oxazole rings is 1. The van der Waals surface area contributed by atoms with E-state index in [1.165, 1.54) is 0 Å². The van der Waals surface area contributed by atoms with Gasteiger partial charge in [-0.15, -0.1) is 0 Å². The van der Waals surface area contributed by atoms with Crippen molar-refractivity contribution in [3.63, 3.8) is 0 Å². The number of fused-ring (bicyclic) bond motifs is 1. The molecule has 0 spiro atoms. The average molecular weight is 555 g/mol. The number of rotatable bonds is 9. The molecule has 0 saturated heterocycles. The zero-order chi connectivity index (χ0) is 28.3. The molecule has 3 aromatic carbocycles. The summed E-state index contributed by atoms with van der Waals surface area (Å²) in [7, 11) is -1.28. The van der Waals surface area contributed by atoms with Gasteiger partial charge < -0.3 is 14.5 Å². The maximum atomic E-state index is 13.5. The number of hydrogen-bond acceptors (Lipinski definition) is 6. The van der Waals surface area contributed by atoms with Gasteiger partial charge in [0, 0.05) is 25.2 Å². The predicted octanol–water partition coefficient (Wildman–Crippen LogP) is 8.42. The van der Waals surface area contributed by atoms with Gasteiger partial charge in [0.2, 0.25) is 0 Å². The summed E-state index contributed by atoms with van der Waals surface area (Å²) in [4.78, 5) is 30.9. The van der Waals surface area contributed by atoms with Crippen LogP contribution in [0.25, 0.3) is 22.2 Å². The van der Waals surface area contributed by atoms with E-state index in [1.54, 1.807) is 0 Å². The van der Waals surface area contributed by atoms with Gasteiger partial charge in [-0.2, -0.15) is 4.98 Å². The first-order valence-corrected chi connectivity index (χ1v) is 17.9. The van der Waals surface area contributed by atoms with Gasteiger partial charge in [-0.25, -0.2) is 0 Å². The van der Waals surface area contributed by atoms with Crippen LogP contribution in [-0.4, -0.2) is 31.4 Å². The number of ketones is 1. The van der Waals surface area contributed by atoms with Gasteiger partial charge in [0.25, 0.3) is 6.01 Å². The van der Waals surface area contributed by atoms with Gasteiger partial charge in [-0.1, -0.05) is 74.9 Å². The predicted molar refractivity (Wildman–Crippen MR) is 163 cm³/mol. The molecule has 6 nitrogen and oxygen atoms in total. The Hall–Kier alpha value is -3.71. The van der Waals surface area contributed by atoms with E-state index in [0.717, 1.165) is 65.2 Å². The van der Waals surface area contributed by atoms with Crippen LogP contribution >= 0.6 is 0 Å². The first-order chi connectivity index (χ1) is 19.2. The normalized spacial score (nSPS) is 17.5. The van der Waals surface area contributed by atoms with Gasteiger partial charge >= 0.3 is 5.97 Å². The lowest BCUT2D eigenvalue weighted by atomic mass is 9.75. The first-order valence-electron chi connectivity index (χ1n) is 14.2. The van der Waals surface area contributed by atoms with Crippen molar-refractivity contribution in [2.24, 2.45) is 11.8 Å². The van der Waals surface area contributed by atoms with Crippen LogP contribution in [0, 0.1) is 18.8 Å². The maximum absolute atomic E-state index is 13.5. The summed E-state index contributed by atoms with van der Waals surface area (Å²) < 4.78 is 11.4. The molecule has 2 atom stereocenters. The van der Waals surface area contributed by atoms with Crippen molar-refractivity contribution in [3.8, 4) is 11.1 Å². The molecule has 1 N–H and O–H groups in total. The van der Waals surface area contributed by atoms with Gasteiger partial charge in [-0.05, 0) is 66.8 Å². The minimum Gasteiger partial charge on any atom is -0.466 e. The van der Waals surface area contributed by atoms with Crippen LogP contribution in [0.2, 0.25) is 25.7 Å². The van der Waals surface area contributed by atoms with Gasteiger partial charge in [-0.3, -0.25) is 9.59 Å². The number of aromatic nitrogens is 1. The lowest BCUT2D eigenvalue weighted by molar-refractivity contribution is -0.150. The maximum Gasteiger partial charge on any atom is 0.309 e. The topological polar surface area (TPSA) is 81.4 Å². The molecule has 1 aliphatic carbocycles. The highest BCUT2D eigenvalue weighted by Crippen LogP contribution is 2.34. The molecule has 1 aromatic heterocycles. The number of carbonyl (C=O) groups excluding carboxylic acids is 2. The second kappa shape index (κ2) is 11.8. The van der Waals surface area contributed by atoms with Crippen molar-refractivity contribution in [2.75, 3.05) is 11.9 Å². The fraction of sp³-hybridized carbons (Fsp3) is 0.364. The van der Waals surface area contributed by atoms with Crippen LogP contribution in [0.5, 0.6) is 0 Å². The van der Waals surface area contributed by atoms with E-state index < -0.39 is 8.07 Å². The van der Waals surface area contributed by atoms with Gasteiger partial charge in [0.1, 0.15) is 5.52 Å². The van der Waals surface area contributed by atoms with E-state index in [1.807, 2.05) is 73.7 Å². The second-order valence-corrected chi connectivity index (χ2v) is 17.7. The molecule has 1 saturated carbocycles. The summed E-state index contributed by atoms with van der Waals surface area (Å²) in [5.41, 5.74) is 6.30. The Morgan fingerprint density at radius 1 is 0.925 bits per heavy atom. The number of ether oxygens (including phenoxy) is 1. The molecule has 0 aliphatic heterocycles. The number of nitrogens with zero attached hydrogens (tertiary/aromatic N) is 1. The van der Waals surface area contributed by atoms with Crippen molar-refractivity contribution in [2.45, 2.75) is 58.3 Å². The van der Waals surface area contributed by atoms with E-state index in [4.69, 9.17) is 9.15 Å². The number of anilines is 2. The largest absolute Gasteiger partial charge is 0.466 e. The molecule has 40 heavy (non-hydrogen) atoms. The highest BCUT2D eigenvalue weighted by Gasteiger charge is 2.37. The molecule has 7 heteroatoms. The monoisotopic (exact) mass is 554 g/mol. The van der Waals surface area contributed by atoms with Crippen LogP contribution in [0.3, 0.4) is 0 Å². The molecule has 2 unspecified atom stereocenters. The minimum atomic E-state index is -1.28. The molecule has 0 amide bonds. The lowest BCUT2D eigenvalue weighted by Crippen LogP contribution is -2.34. The molecule has 0 radical (unpaired) electrons. The van der Waals surface area contributed by atoms with Crippen molar-refractivity contribution in [1.29, 1.82) is 0 Å². The Labute approximate surface area is 237 Å². The van der Waals surface area contributed by atoms with Crippen LogP contribution in [-0.2, 0) is 9.53 Å². The Bertz CT molecular complexity index is 1490. The van der Waals surface area contributed by atoms with E-state index in [9.17, 15) is 9.59 Å². The number of nitrogens with one attached hydrogen (secondary N) is 1. The van der Waals surface area contributed by atoms with E-state index >= 15 is 0 Å². The SMILES string of the molecule is Cc1ccc2oc(Nc3ccc(-c4ccc(C(=O)C5CCCCC5C(=O)OCC[Si](C)(C)C)cc4)cc3)nc2c1. The molecule has 208 valence electrons. The van der Waals surface area contributed by atoms with E-state index in [0.29, 0.717) is 18.2 Å².